The van der Waals surface area contributed by atoms with Crippen LogP contribution in [-0.2, 0) is 16.1 Å². The Morgan fingerprint density at radius 1 is 1.26 bits per heavy atom. The number of aromatic nitrogens is 2. The summed E-state index contributed by atoms with van der Waals surface area (Å²) in [6.45, 7) is 3.72. The lowest BCUT2D eigenvalue weighted by atomic mass is 9.99. The Bertz CT molecular complexity index is 1260. The van der Waals surface area contributed by atoms with Gasteiger partial charge in [-0.2, -0.15) is 4.98 Å². The first-order valence-corrected chi connectivity index (χ1v) is 11.4. The minimum Gasteiger partial charge on any atom is -0.457 e. The Labute approximate surface area is 200 Å². The predicted molar refractivity (Wildman–Crippen MR) is 121 cm³/mol. The summed E-state index contributed by atoms with van der Waals surface area (Å²) in [4.78, 5) is 31.6. The molecule has 2 fully saturated rings. The summed E-state index contributed by atoms with van der Waals surface area (Å²) < 4.78 is 25.5. The third-order valence-electron chi connectivity index (χ3n) is 6.10. The molecule has 0 saturated carbocycles. The molecule has 34 heavy (non-hydrogen) atoms. The summed E-state index contributed by atoms with van der Waals surface area (Å²) in [5.41, 5.74) is 1.40. The van der Waals surface area contributed by atoms with Gasteiger partial charge in [0.05, 0.1) is 10.9 Å². The van der Waals surface area contributed by atoms with Crippen LogP contribution >= 0.6 is 11.6 Å². The number of halogens is 2. The van der Waals surface area contributed by atoms with Gasteiger partial charge in [-0.1, -0.05) is 22.8 Å². The van der Waals surface area contributed by atoms with Gasteiger partial charge < -0.3 is 19.1 Å². The van der Waals surface area contributed by atoms with Crippen molar-refractivity contribution in [3.05, 3.63) is 58.6 Å². The fourth-order valence-electron chi connectivity index (χ4n) is 4.07. The van der Waals surface area contributed by atoms with Crippen LogP contribution in [0.4, 0.5) is 4.39 Å². The molecule has 3 heterocycles. The number of benzene rings is 2. The minimum absolute atomic E-state index is 0.00158. The van der Waals surface area contributed by atoms with Crippen molar-refractivity contribution in [3.8, 4) is 23.0 Å². The molecule has 8 nitrogen and oxygen atoms in total. The average molecular weight is 485 g/mol. The van der Waals surface area contributed by atoms with Gasteiger partial charge in [-0.05, 0) is 30.7 Å². The second-order valence-corrected chi connectivity index (χ2v) is 8.91. The molecular formula is C24H22ClFN4O4. The number of carbonyl (C=O) groups is 2. The maximum absolute atomic E-state index is 14.0. The monoisotopic (exact) mass is 484 g/mol. The number of ether oxygens (including phenoxy) is 1. The highest BCUT2D eigenvalue weighted by atomic mass is 35.5. The highest BCUT2D eigenvalue weighted by Gasteiger charge is 2.33. The lowest BCUT2D eigenvalue weighted by Gasteiger charge is -2.36. The molecule has 0 atom stereocenters. The van der Waals surface area contributed by atoms with Gasteiger partial charge in [0.25, 0.3) is 5.89 Å². The number of amides is 2. The summed E-state index contributed by atoms with van der Waals surface area (Å²) in [7, 11) is 0. The normalized spacial score (nSPS) is 16.1. The standard InChI is InChI=1S/C24H22ClFN4O4/c1-14(31)30-12-17(13-30)23-27-24(34-28-23)15-4-5-16(11-29-8-2-3-22(29)32)21(9-15)33-18-6-7-19(25)20(26)10-18/h4-7,9-10,17H,2-3,8,11-13H2,1H3. The lowest BCUT2D eigenvalue weighted by Crippen LogP contribution is -2.47. The zero-order valence-electron chi connectivity index (χ0n) is 18.5. The van der Waals surface area contributed by atoms with Gasteiger partial charge in [0.1, 0.15) is 17.3 Å². The van der Waals surface area contributed by atoms with Crippen molar-refractivity contribution in [2.24, 2.45) is 0 Å². The summed E-state index contributed by atoms with van der Waals surface area (Å²) in [6.07, 6.45) is 1.35. The molecule has 2 aliphatic rings. The third-order valence-corrected chi connectivity index (χ3v) is 6.41. The number of nitrogens with zero attached hydrogens (tertiary/aromatic N) is 4. The van der Waals surface area contributed by atoms with Crippen LogP contribution in [0.15, 0.2) is 40.9 Å². The first kappa shape index (κ1) is 22.3. The SMILES string of the molecule is CC(=O)N1CC(c2noc(-c3ccc(CN4CCCC4=O)c(Oc4ccc(Cl)c(F)c4)c3)n2)C1. The Kier molecular flexibility index (Phi) is 5.95. The van der Waals surface area contributed by atoms with Crippen molar-refractivity contribution in [2.75, 3.05) is 19.6 Å². The first-order valence-electron chi connectivity index (χ1n) is 11.0. The Balaban J connectivity index is 1.42. The van der Waals surface area contributed by atoms with Crippen molar-refractivity contribution in [1.29, 1.82) is 0 Å². The second-order valence-electron chi connectivity index (χ2n) is 8.50. The van der Waals surface area contributed by atoms with E-state index < -0.39 is 5.82 Å². The van der Waals surface area contributed by atoms with E-state index in [1.54, 1.807) is 21.9 Å². The maximum Gasteiger partial charge on any atom is 0.258 e. The van der Waals surface area contributed by atoms with Gasteiger partial charge in [-0.25, -0.2) is 4.39 Å². The quantitative estimate of drug-likeness (QED) is 0.515. The molecule has 2 saturated heterocycles. The largest absolute Gasteiger partial charge is 0.457 e. The zero-order chi connectivity index (χ0) is 23.8. The number of rotatable bonds is 6. The van der Waals surface area contributed by atoms with Crippen LogP contribution in [-0.4, -0.2) is 51.4 Å². The molecule has 0 N–H and O–H groups in total. The van der Waals surface area contributed by atoms with Gasteiger partial charge >= 0.3 is 0 Å². The molecule has 176 valence electrons. The molecule has 10 heteroatoms. The highest BCUT2D eigenvalue weighted by Crippen LogP contribution is 2.34. The fraction of sp³-hybridized carbons (Fsp3) is 0.333. The Morgan fingerprint density at radius 2 is 2.09 bits per heavy atom. The molecule has 0 bridgehead atoms. The number of hydrogen-bond acceptors (Lipinski definition) is 6. The van der Waals surface area contributed by atoms with Gasteiger partial charge in [0.2, 0.25) is 11.8 Å². The number of hydrogen-bond donors (Lipinski definition) is 0. The maximum atomic E-state index is 14.0. The van der Waals surface area contributed by atoms with E-state index in [0.717, 1.165) is 12.0 Å². The molecule has 0 aliphatic carbocycles. The second kappa shape index (κ2) is 9.06. The van der Waals surface area contributed by atoms with Crippen molar-refractivity contribution in [3.63, 3.8) is 0 Å². The molecule has 2 aliphatic heterocycles. The smallest absolute Gasteiger partial charge is 0.258 e. The van der Waals surface area contributed by atoms with Crippen LogP contribution in [0.5, 0.6) is 11.5 Å². The third kappa shape index (κ3) is 4.48. The van der Waals surface area contributed by atoms with E-state index in [-0.39, 0.29) is 28.5 Å². The van der Waals surface area contributed by atoms with Gasteiger partial charge in [0.15, 0.2) is 5.82 Å². The Hall–Kier alpha value is -3.46. The molecule has 0 radical (unpaired) electrons. The molecule has 5 rings (SSSR count). The van der Waals surface area contributed by atoms with E-state index in [2.05, 4.69) is 10.1 Å². The molecule has 1 aromatic heterocycles. The van der Waals surface area contributed by atoms with Gasteiger partial charge in [-0.3, -0.25) is 9.59 Å². The van der Waals surface area contributed by atoms with E-state index >= 15 is 0 Å². The summed E-state index contributed by atoms with van der Waals surface area (Å²) in [6, 6.07) is 9.61. The van der Waals surface area contributed by atoms with Gasteiger partial charge in [0, 0.05) is 56.7 Å². The average Bonchev–Trinajstić information content (AvgIpc) is 3.40. The van der Waals surface area contributed by atoms with Crippen LogP contribution in [0.25, 0.3) is 11.5 Å². The highest BCUT2D eigenvalue weighted by molar-refractivity contribution is 6.30. The van der Waals surface area contributed by atoms with Crippen molar-refractivity contribution < 1.29 is 23.2 Å². The molecule has 2 amide bonds. The van der Waals surface area contributed by atoms with Crippen LogP contribution in [0.1, 0.15) is 37.1 Å². The molecule has 0 spiro atoms. The summed E-state index contributed by atoms with van der Waals surface area (Å²) >= 11 is 5.80. The molecular weight excluding hydrogens is 463 g/mol. The van der Waals surface area contributed by atoms with Gasteiger partial charge in [-0.15, -0.1) is 0 Å². The van der Waals surface area contributed by atoms with Crippen molar-refractivity contribution in [1.82, 2.24) is 19.9 Å². The van der Waals surface area contributed by atoms with E-state index in [0.29, 0.717) is 55.6 Å². The summed E-state index contributed by atoms with van der Waals surface area (Å²) in [5.74, 6) is 1.14. The topological polar surface area (TPSA) is 88.8 Å². The van der Waals surface area contributed by atoms with Crippen molar-refractivity contribution >= 4 is 23.4 Å². The Morgan fingerprint density at radius 3 is 2.79 bits per heavy atom. The van der Waals surface area contributed by atoms with Crippen LogP contribution in [0.3, 0.4) is 0 Å². The minimum atomic E-state index is -0.590. The first-order chi connectivity index (χ1) is 16.4. The molecule has 0 unspecified atom stereocenters. The summed E-state index contributed by atoms with van der Waals surface area (Å²) in [5, 5.41) is 4.08. The predicted octanol–water partition coefficient (Wildman–Crippen LogP) is 4.39. The molecule has 2 aromatic carbocycles. The van der Waals surface area contributed by atoms with Crippen LogP contribution in [0.2, 0.25) is 5.02 Å². The molecule has 3 aromatic rings. The lowest BCUT2D eigenvalue weighted by molar-refractivity contribution is -0.133. The fourth-order valence-corrected chi connectivity index (χ4v) is 4.19. The van der Waals surface area contributed by atoms with E-state index in [1.807, 2.05) is 12.1 Å². The van der Waals surface area contributed by atoms with E-state index in [1.165, 1.54) is 19.1 Å². The van der Waals surface area contributed by atoms with Crippen LogP contribution in [0, 0.1) is 5.82 Å². The van der Waals surface area contributed by atoms with Crippen LogP contribution < -0.4 is 4.74 Å². The van der Waals surface area contributed by atoms with E-state index in [4.69, 9.17) is 20.9 Å². The van der Waals surface area contributed by atoms with E-state index in [9.17, 15) is 14.0 Å². The zero-order valence-corrected chi connectivity index (χ0v) is 19.2. The number of likely N-dealkylation sites (tertiary alicyclic amines) is 2. The van der Waals surface area contributed by atoms with Crippen molar-refractivity contribution in [2.45, 2.75) is 32.2 Å². The number of carbonyl (C=O) groups excluding carboxylic acids is 2.